The summed E-state index contributed by atoms with van der Waals surface area (Å²) < 4.78 is 78.0. The molecule has 2 rings (SSSR count). The van der Waals surface area contributed by atoms with Crippen LogP contribution >= 0.6 is 0 Å². The number of alkyl halides is 3. The van der Waals surface area contributed by atoms with E-state index in [-0.39, 0.29) is 25.6 Å². The molecule has 2 N–H and O–H groups in total. The lowest BCUT2D eigenvalue weighted by atomic mass is 10.1. The van der Waals surface area contributed by atoms with E-state index in [0.717, 1.165) is 4.90 Å². The van der Waals surface area contributed by atoms with Crippen molar-refractivity contribution in [3.8, 4) is 0 Å². The molecular formula is C14H14F4N2O5S. The maximum Gasteiger partial charge on any atom is 0.417 e. The number of carboxylic acid groups (broad SMARTS) is 1. The Morgan fingerprint density at radius 3 is 2.54 bits per heavy atom. The van der Waals surface area contributed by atoms with E-state index in [2.05, 4.69) is 0 Å². The quantitative estimate of drug-likeness (QED) is 0.698. The highest BCUT2D eigenvalue weighted by Crippen LogP contribution is 2.34. The Bertz CT molecular complexity index is 825. The Balaban J connectivity index is 2.09. The molecule has 1 aromatic carbocycles. The number of amides is 1. The minimum Gasteiger partial charge on any atom is -0.481 e. The van der Waals surface area contributed by atoms with Crippen molar-refractivity contribution in [1.29, 1.82) is 0 Å². The van der Waals surface area contributed by atoms with Crippen molar-refractivity contribution in [1.82, 2.24) is 9.62 Å². The first-order chi connectivity index (χ1) is 11.9. The normalized spacial score (nSPS) is 18.4. The van der Waals surface area contributed by atoms with Crippen molar-refractivity contribution >= 4 is 21.9 Å². The monoisotopic (exact) mass is 398 g/mol. The van der Waals surface area contributed by atoms with Crippen molar-refractivity contribution in [3.63, 3.8) is 0 Å². The Morgan fingerprint density at radius 2 is 2.00 bits per heavy atom. The van der Waals surface area contributed by atoms with E-state index in [1.807, 2.05) is 4.72 Å². The largest absolute Gasteiger partial charge is 0.481 e. The average molecular weight is 398 g/mol. The van der Waals surface area contributed by atoms with Gasteiger partial charge in [-0.25, -0.2) is 17.5 Å². The number of carboxylic acids is 1. The first kappa shape index (κ1) is 20.1. The molecule has 1 fully saturated rings. The van der Waals surface area contributed by atoms with Crippen LogP contribution in [0, 0.1) is 11.7 Å². The van der Waals surface area contributed by atoms with E-state index in [0.29, 0.717) is 12.1 Å². The third-order valence-corrected chi connectivity index (χ3v) is 5.29. The summed E-state index contributed by atoms with van der Waals surface area (Å²) in [5.41, 5.74) is -1.65. The predicted molar refractivity (Wildman–Crippen MR) is 78.9 cm³/mol. The lowest BCUT2D eigenvalue weighted by Gasteiger charge is -2.17. The highest BCUT2D eigenvalue weighted by molar-refractivity contribution is 7.89. The summed E-state index contributed by atoms with van der Waals surface area (Å²) in [4.78, 5) is 22.4. The minimum absolute atomic E-state index is 0.0794. The van der Waals surface area contributed by atoms with Crippen LogP contribution in [-0.2, 0) is 25.8 Å². The highest BCUT2D eigenvalue weighted by Gasteiger charge is 2.38. The number of rotatable bonds is 6. The molecule has 1 atom stereocenters. The third-order valence-electron chi connectivity index (χ3n) is 3.77. The molecule has 1 unspecified atom stereocenters. The second-order valence-electron chi connectivity index (χ2n) is 5.62. The lowest BCUT2D eigenvalue weighted by molar-refractivity contribution is -0.142. The molecule has 0 saturated carbocycles. The van der Waals surface area contributed by atoms with Gasteiger partial charge in [-0.2, -0.15) is 13.2 Å². The zero-order valence-corrected chi connectivity index (χ0v) is 13.9. The zero-order chi connectivity index (χ0) is 19.7. The van der Waals surface area contributed by atoms with Crippen molar-refractivity contribution in [3.05, 3.63) is 29.6 Å². The van der Waals surface area contributed by atoms with Gasteiger partial charge in [-0.05, 0) is 18.2 Å². The Kier molecular flexibility index (Phi) is 5.56. The number of likely N-dealkylation sites (tertiary alicyclic amines) is 1. The van der Waals surface area contributed by atoms with Gasteiger partial charge in [-0.15, -0.1) is 0 Å². The predicted octanol–water partition coefficient (Wildman–Crippen LogP) is 1.06. The molecule has 0 radical (unpaired) electrons. The van der Waals surface area contributed by atoms with Gasteiger partial charge in [0.05, 0.1) is 16.4 Å². The fourth-order valence-electron chi connectivity index (χ4n) is 2.50. The van der Waals surface area contributed by atoms with E-state index in [4.69, 9.17) is 5.11 Å². The van der Waals surface area contributed by atoms with Crippen LogP contribution in [0.2, 0.25) is 0 Å². The summed E-state index contributed by atoms with van der Waals surface area (Å²) in [5, 5.41) is 8.85. The van der Waals surface area contributed by atoms with Crippen molar-refractivity contribution in [2.24, 2.45) is 5.92 Å². The molecule has 1 heterocycles. The van der Waals surface area contributed by atoms with Gasteiger partial charge in [0.25, 0.3) is 0 Å². The number of aliphatic carboxylic acids is 1. The van der Waals surface area contributed by atoms with Gasteiger partial charge >= 0.3 is 12.1 Å². The molecule has 0 bridgehead atoms. The summed E-state index contributed by atoms with van der Waals surface area (Å²) >= 11 is 0. The van der Waals surface area contributed by atoms with Gasteiger partial charge in [0.1, 0.15) is 5.82 Å². The first-order valence-electron chi connectivity index (χ1n) is 7.29. The molecule has 1 aromatic rings. The fourth-order valence-corrected chi connectivity index (χ4v) is 3.73. The van der Waals surface area contributed by atoms with E-state index in [1.54, 1.807) is 0 Å². The number of benzene rings is 1. The van der Waals surface area contributed by atoms with Crippen molar-refractivity contribution in [2.45, 2.75) is 17.5 Å². The molecule has 1 aliphatic heterocycles. The van der Waals surface area contributed by atoms with Crippen LogP contribution in [0.25, 0.3) is 0 Å². The topological polar surface area (TPSA) is 104 Å². The number of carbonyl (C=O) groups is 2. The molecule has 26 heavy (non-hydrogen) atoms. The Labute approximate surface area is 145 Å². The summed E-state index contributed by atoms with van der Waals surface area (Å²) in [6, 6.07) is 1.17. The third kappa shape index (κ3) is 4.49. The van der Waals surface area contributed by atoms with Crippen LogP contribution in [0.1, 0.15) is 12.0 Å². The van der Waals surface area contributed by atoms with Crippen molar-refractivity contribution in [2.75, 3.05) is 19.6 Å². The molecule has 1 aliphatic rings. The van der Waals surface area contributed by atoms with Gasteiger partial charge in [0.2, 0.25) is 15.9 Å². The molecule has 144 valence electrons. The summed E-state index contributed by atoms with van der Waals surface area (Å²) in [7, 11) is -4.62. The summed E-state index contributed by atoms with van der Waals surface area (Å²) in [6.07, 6.45) is -5.30. The van der Waals surface area contributed by atoms with E-state index in [1.165, 1.54) is 0 Å². The van der Waals surface area contributed by atoms with Crippen LogP contribution in [0.3, 0.4) is 0 Å². The van der Waals surface area contributed by atoms with E-state index >= 15 is 0 Å². The number of hydrogen-bond donors (Lipinski definition) is 2. The molecular weight excluding hydrogens is 384 g/mol. The molecule has 0 aliphatic carbocycles. The smallest absolute Gasteiger partial charge is 0.417 e. The summed E-state index contributed by atoms with van der Waals surface area (Å²) in [5.74, 6) is -3.80. The van der Waals surface area contributed by atoms with Crippen LogP contribution in [0.5, 0.6) is 0 Å². The zero-order valence-electron chi connectivity index (χ0n) is 13.1. The van der Waals surface area contributed by atoms with E-state index in [9.17, 15) is 35.6 Å². The number of sulfonamides is 1. The Morgan fingerprint density at radius 1 is 1.35 bits per heavy atom. The molecule has 1 amide bonds. The minimum atomic E-state index is -5.08. The van der Waals surface area contributed by atoms with E-state index < -0.39 is 56.8 Å². The highest BCUT2D eigenvalue weighted by atomic mass is 32.2. The SMILES string of the molecule is O=C(O)C1CC(=O)N(CCNS(=O)(=O)c2ccc(F)cc2C(F)(F)F)C1. The standard InChI is InChI=1S/C14H14F4N2O5S/c15-9-1-2-11(10(6-9)14(16,17)18)26(24,25)19-3-4-20-7-8(13(22)23)5-12(20)21/h1-2,6,8,19H,3-5,7H2,(H,22,23). The van der Waals surface area contributed by atoms with Gasteiger partial charge in [-0.1, -0.05) is 0 Å². The molecule has 7 nitrogen and oxygen atoms in total. The van der Waals surface area contributed by atoms with Gasteiger partial charge < -0.3 is 10.0 Å². The number of nitrogens with zero attached hydrogens (tertiary/aromatic N) is 1. The van der Waals surface area contributed by atoms with Crippen LogP contribution in [0.15, 0.2) is 23.1 Å². The molecule has 12 heteroatoms. The van der Waals surface area contributed by atoms with Crippen LogP contribution in [0.4, 0.5) is 17.6 Å². The number of hydrogen-bond acceptors (Lipinski definition) is 4. The maximum absolute atomic E-state index is 13.1. The number of carbonyl (C=O) groups excluding carboxylic acids is 1. The maximum atomic E-state index is 13.1. The molecule has 1 saturated heterocycles. The van der Waals surface area contributed by atoms with Gasteiger partial charge in [-0.3, -0.25) is 9.59 Å². The van der Waals surface area contributed by atoms with Gasteiger partial charge in [0, 0.05) is 26.1 Å². The summed E-state index contributed by atoms with van der Waals surface area (Å²) in [6.45, 7) is -0.736. The lowest BCUT2D eigenvalue weighted by Crippen LogP contribution is -2.36. The number of halogens is 4. The Hall–Kier alpha value is -2.21. The van der Waals surface area contributed by atoms with Crippen molar-refractivity contribution < 1.29 is 40.7 Å². The van der Waals surface area contributed by atoms with Crippen LogP contribution in [-0.4, -0.2) is 49.9 Å². The fraction of sp³-hybridized carbons (Fsp3) is 0.429. The number of nitrogens with one attached hydrogen (secondary N) is 1. The molecule has 0 aromatic heterocycles. The second-order valence-corrected chi connectivity index (χ2v) is 7.35. The second kappa shape index (κ2) is 7.19. The first-order valence-corrected chi connectivity index (χ1v) is 8.77. The van der Waals surface area contributed by atoms with Crippen LogP contribution < -0.4 is 4.72 Å². The average Bonchev–Trinajstić information content (AvgIpc) is 2.87. The van der Waals surface area contributed by atoms with Gasteiger partial charge in [0.15, 0.2) is 0 Å². The molecule has 0 spiro atoms.